The van der Waals surface area contributed by atoms with Gasteiger partial charge in [-0.25, -0.2) is 4.79 Å². The number of carbonyl (C=O) groups excluding carboxylic acids is 1. The van der Waals surface area contributed by atoms with Gasteiger partial charge in [-0.15, -0.1) is 0 Å². The number of hydrogen-bond donors (Lipinski definition) is 0. The van der Waals surface area contributed by atoms with Crippen molar-refractivity contribution < 1.29 is 31.6 Å². The minimum atomic E-state index is -3.67. The minimum Gasteiger partial charge on any atom is -0.465 e. The van der Waals surface area contributed by atoms with Crippen molar-refractivity contribution in [1.29, 1.82) is 0 Å². The Balaban J connectivity index is 2.20. The van der Waals surface area contributed by atoms with Gasteiger partial charge in [0.05, 0.1) is 18.6 Å². The summed E-state index contributed by atoms with van der Waals surface area (Å²) in [6.07, 6.45) is 0.395. The molecular formula is C21H26ClNO7S. The summed E-state index contributed by atoms with van der Waals surface area (Å²) in [4.78, 5) is 14.4. The lowest BCUT2D eigenvalue weighted by molar-refractivity contribution is 0.0523. The molecule has 0 aromatic heterocycles. The zero-order chi connectivity index (χ0) is 23.0. The normalized spacial score (nSPS) is 16.5. The zero-order valence-corrected chi connectivity index (χ0v) is 19.7. The Morgan fingerprint density at radius 2 is 1.87 bits per heavy atom. The van der Waals surface area contributed by atoms with Crippen LogP contribution in [-0.2, 0) is 23.8 Å². The molecule has 8 nitrogen and oxygen atoms in total. The van der Waals surface area contributed by atoms with Crippen molar-refractivity contribution in [2.24, 2.45) is 0 Å². The molecular weight excluding hydrogens is 446 g/mol. The number of anilines is 1. The topological polar surface area (TPSA) is 91.4 Å². The van der Waals surface area contributed by atoms with Crippen molar-refractivity contribution >= 4 is 44.3 Å². The van der Waals surface area contributed by atoms with Gasteiger partial charge in [-0.2, -0.15) is 8.42 Å². The van der Waals surface area contributed by atoms with Gasteiger partial charge in [-0.05, 0) is 31.7 Å². The van der Waals surface area contributed by atoms with Crippen LogP contribution in [0.4, 0.5) is 10.5 Å². The zero-order valence-electron chi connectivity index (χ0n) is 18.1. The Labute approximate surface area is 187 Å². The van der Waals surface area contributed by atoms with Crippen LogP contribution in [0, 0.1) is 0 Å². The minimum absolute atomic E-state index is 0.0322. The number of benzene rings is 2. The predicted molar refractivity (Wildman–Crippen MR) is 119 cm³/mol. The molecule has 0 spiro atoms. The van der Waals surface area contributed by atoms with Crippen LogP contribution < -0.4 is 9.64 Å². The summed E-state index contributed by atoms with van der Waals surface area (Å²) in [6.45, 7) is 5.28. The standard InChI is InChI=1S/C21H26ClNO7S/c1-21(2,3)30-20(24)23-10-13(11-29-31(5,25)26)16-14-8-6-7-9-15(14)19(28-12-27-4)17(22)18(16)23/h6-9,13H,10-12H2,1-5H3/t13-/m1/s1. The molecule has 1 atom stereocenters. The number of amides is 1. The molecule has 0 fully saturated rings. The fourth-order valence-corrected chi connectivity index (χ4v) is 4.32. The van der Waals surface area contributed by atoms with E-state index in [1.54, 1.807) is 20.8 Å². The number of hydrogen-bond acceptors (Lipinski definition) is 7. The molecule has 10 heteroatoms. The summed E-state index contributed by atoms with van der Waals surface area (Å²) in [5, 5.41) is 1.72. The lowest BCUT2D eigenvalue weighted by Gasteiger charge is -2.26. The number of carbonyl (C=O) groups is 1. The summed E-state index contributed by atoms with van der Waals surface area (Å²) < 4.78 is 44.7. The van der Waals surface area contributed by atoms with E-state index in [4.69, 9.17) is 30.0 Å². The van der Waals surface area contributed by atoms with Crippen LogP contribution in [0.15, 0.2) is 24.3 Å². The van der Waals surface area contributed by atoms with Gasteiger partial charge in [0.1, 0.15) is 10.6 Å². The summed E-state index contributed by atoms with van der Waals surface area (Å²) >= 11 is 6.75. The molecule has 0 saturated carbocycles. The van der Waals surface area contributed by atoms with Crippen LogP contribution >= 0.6 is 11.6 Å². The second-order valence-electron chi connectivity index (χ2n) is 8.28. The molecule has 1 amide bonds. The van der Waals surface area contributed by atoms with Crippen LogP contribution in [0.2, 0.25) is 5.02 Å². The molecule has 0 unspecified atom stereocenters. The highest BCUT2D eigenvalue weighted by Gasteiger charge is 2.40. The maximum atomic E-state index is 13.0. The Morgan fingerprint density at radius 3 is 2.45 bits per heavy atom. The smallest absolute Gasteiger partial charge is 0.414 e. The van der Waals surface area contributed by atoms with Crippen LogP contribution in [0.1, 0.15) is 32.3 Å². The Hall–Kier alpha value is -2.07. The largest absolute Gasteiger partial charge is 0.465 e. The number of methoxy groups -OCH3 is 1. The monoisotopic (exact) mass is 471 g/mol. The van der Waals surface area contributed by atoms with E-state index in [9.17, 15) is 13.2 Å². The molecule has 0 N–H and O–H groups in total. The maximum Gasteiger partial charge on any atom is 0.414 e. The van der Waals surface area contributed by atoms with E-state index in [-0.39, 0.29) is 25.0 Å². The van der Waals surface area contributed by atoms with Gasteiger partial charge < -0.3 is 14.2 Å². The number of nitrogens with zero attached hydrogens (tertiary/aromatic N) is 1. The number of halogens is 1. The highest BCUT2D eigenvalue weighted by atomic mass is 35.5. The Bertz CT molecular complexity index is 1100. The van der Waals surface area contributed by atoms with E-state index in [1.165, 1.54) is 12.0 Å². The first kappa shape index (κ1) is 23.6. The average Bonchev–Trinajstić information content (AvgIpc) is 3.05. The lowest BCUT2D eigenvalue weighted by Crippen LogP contribution is -2.36. The van der Waals surface area contributed by atoms with Crippen molar-refractivity contribution in [3.05, 3.63) is 34.9 Å². The molecule has 2 aromatic carbocycles. The van der Waals surface area contributed by atoms with Crippen molar-refractivity contribution in [2.75, 3.05) is 38.2 Å². The van der Waals surface area contributed by atoms with E-state index >= 15 is 0 Å². The molecule has 0 bridgehead atoms. The fraction of sp³-hybridized carbons (Fsp3) is 0.476. The molecule has 0 radical (unpaired) electrons. The van der Waals surface area contributed by atoms with E-state index < -0.39 is 27.7 Å². The van der Waals surface area contributed by atoms with Gasteiger partial charge in [0.25, 0.3) is 10.1 Å². The van der Waals surface area contributed by atoms with Gasteiger partial charge in [-0.1, -0.05) is 35.9 Å². The first-order valence-corrected chi connectivity index (χ1v) is 11.8. The second kappa shape index (κ2) is 8.82. The molecule has 31 heavy (non-hydrogen) atoms. The number of ether oxygens (including phenoxy) is 3. The van der Waals surface area contributed by atoms with Gasteiger partial charge in [0, 0.05) is 25.0 Å². The molecule has 0 saturated heterocycles. The Morgan fingerprint density at radius 1 is 1.23 bits per heavy atom. The lowest BCUT2D eigenvalue weighted by atomic mass is 9.94. The number of fused-ring (bicyclic) bond motifs is 3. The second-order valence-corrected chi connectivity index (χ2v) is 10.3. The summed E-state index contributed by atoms with van der Waals surface area (Å²) in [6, 6.07) is 7.40. The van der Waals surface area contributed by atoms with Crippen LogP contribution in [-0.4, -0.2) is 53.4 Å². The third-order valence-electron chi connectivity index (χ3n) is 4.62. The predicted octanol–water partition coefficient (Wildman–Crippen LogP) is 4.29. The van der Waals surface area contributed by atoms with Gasteiger partial charge in [0.15, 0.2) is 12.5 Å². The third kappa shape index (κ3) is 5.23. The van der Waals surface area contributed by atoms with Crippen molar-refractivity contribution in [3.8, 4) is 5.75 Å². The summed E-state index contributed by atoms with van der Waals surface area (Å²) in [5.41, 5.74) is 0.403. The first-order chi connectivity index (χ1) is 14.4. The quantitative estimate of drug-likeness (QED) is 0.458. The molecule has 1 aliphatic rings. The van der Waals surface area contributed by atoms with Crippen molar-refractivity contribution in [3.63, 3.8) is 0 Å². The summed E-state index contributed by atoms with van der Waals surface area (Å²) in [7, 11) is -2.18. The van der Waals surface area contributed by atoms with Gasteiger partial charge >= 0.3 is 6.09 Å². The summed E-state index contributed by atoms with van der Waals surface area (Å²) in [5.74, 6) is -0.0628. The molecule has 170 valence electrons. The third-order valence-corrected chi connectivity index (χ3v) is 5.54. The fourth-order valence-electron chi connectivity index (χ4n) is 3.55. The molecule has 3 rings (SSSR count). The average molecular weight is 472 g/mol. The van der Waals surface area contributed by atoms with Gasteiger partial charge in [-0.3, -0.25) is 9.08 Å². The highest BCUT2D eigenvalue weighted by Crippen LogP contribution is 2.51. The maximum absolute atomic E-state index is 13.0. The van der Waals surface area contributed by atoms with Crippen molar-refractivity contribution in [2.45, 2.75) is 32.3 Å². The number of rotatable bonds is 6. The van der Waals surface area contributed by atoms with Gasteiger partial charge in [0.2, 0.25) is 0 Å². The van der Waals surface area contributed by atoms with E-state index in [2.05, 4.69) is 0 Å². The van der Waals surface area contributed by atoms with E-state index in [0.29, 0.717) is 17.0 Å². The highest BCUT2D eigenvalue weighted by molar-refractivity contribution is 7.85. The first-order valence-electron chi connectivity index (χ1n) is 9.63. The Kier molecular flexibility index (Phi) is 6.71. The van der Waals surface area contributed by atoms with Crippen LogP contribution in [0.25, 0.3) is 10.8 Å². The molecule has 0 aliphatic carbocycles. The SMILES string of the molecule is COCOc1c(Cl)c2c(c3ccccc13)[C@@H](COS(C)(=O)=O)CN2C(=O)OC(C)(C)C. The van der Waals surface area contributed by atoms with Crippen LogP contribution in [0.5, 0.6) is 5.75 Å². The molecule has 2 aromatic rings. The van der Waals surface area contributed by atoms with Crippen molar-refractivity contribution in [1.82, 2.24) is 0 Å². The molecule has 1 aliphatic heterocycles. The van der Waals surface area contributed by atoms with Crippen LogP contribution in [0.3, 0.4) is 0 Å². The van der Waals surface area contributed by atoms with E-state index in [1.807, 2.05) is 24.3 Å². The van der Waals surface area contributed by atoms with E-state index in [0.717, 1.165) is 17.0 Å². The molecule has 1 heterocycles.